The van der Waals surface area contributed by atoms with Gasteiger partial charge in [-0.15, -0.1) is 12.6 Å². The number of aromatic nitrogens is 3. The number of hydrogen-bond donors (Lipinski definition) is 1. The number of hydrogen-bond acceptors (Lipinski definition) is 7. The molecular formula is C32H33N5O2S. The minimum Gasteiger partial charge on any atom is -0.461 e. The first-order valence-corrected chi connectivity index (χ1v) is 13.4. The van der Waals surface area contributed by atoms with Crippen LogP contribution in [-0.2, 0) is 17.8 Å². The van der Waals surface area contributed by atoms with E-state index in [1.165, 1.54) is 11.1 Å². The van der Waals surface area contributed by atoms with Crippen molar-refractivity contribution in [3.63, 3.8) is 0 Å². The third-order valence-electron chi connectivity index (χ3n) is 6.33. The van der Waals surface area contributed by atoms with E-state index >= 15 is 0 Å². The van der Waals surface area contributed by atoms with E-state index in [2.05, 4.69) is 96.2 Å². The molecule has 0 N–H and O–H groups in total. The standard InChI is InChI=1S/C32H33N5O2S/c1-6-24-13-15-26(16-14-24)20-36(19-25-11-9-22(4)10-12-25)23(5)33-18-27(7-2)29-21-37-30(31(40)34-29)17-28(35-37)32(38)39-8-3/h6-7,9-18,21H,1,5,8,19-20H2,2-4H3,(H,34,40)/b27-7+,33-18-. The number of thiol groups is 1. The molecule has 4 aromatic rings. The van der Waals surface area contributed by atoms with Crippen LogP contribution in [0.15, 0.2) is 95.9 Å². The molecule has 4 rings (SSSR count). The average Bonchev–Trinajstić information content (AvgIpc) is 3.40. The molecule has 40 heavy (non-hydrogen) atoms. The molecule has 8 heteroatoms. The number of nitrogens with zero attached hydrogens (tertiary/aromatic N) is 5. The van der Waals surface area contributed by atoms with Gasteiger partial charge in [-0.2, -0.15) is 5.10 Å². The fourth-order valence-corrected chi connectivity index (χ4v) is 4.34. The van der Waals surface area contributed by atoms with Crippen LogP contribution in [-0.4, -0.2) is 38.3 Å². The molecule has 0 unspecified atom stereocenters. The van der Waals surface area contributed by atoms with Crippen LogP contribution < -0.4 is 0 Å². The SMILES string of the molecule is C=Cc1ccc(CN(Cc2ccc(C)cc2)C(=C)/N=C\C(=C/C)c2cn3nc(C(=O)OCC)cc3c(S)n2)cc1. The van der Waals surface area contributed by atoms with E-state index < -0.39 is 5.97 Å². The summed E-state index contributed by atoms with van der Waals surface area (Å²) < 4.78 is 6.66. The first-order chi connectivity index (χ1) is 19.3. The van der Waals surface area contributed by atoms with Crippen LogP contribution in [0.3, 0.4) is 0 Å². The van der Waals surface area contributed by atoms with Crippen molar-refractivity contribution in [2.24, 2.45) is 4.99 Å². The number of aryl methyl sites for hydroxylation is 1. The van der Waals surface area contributed by atoms with Crippen molar-refractivity contribution in [2.75, 3.05) is 6.61 Å². The number of rotatable bonds is 11. The van der Waals surface area contributed by atoms with E-state index in [9.17, 15) is 4.79 Å². The van der Waals surface area contributed by atoms with Crippen LogP contribution in [0, 0.1) is 6.92 Å². The summed E-state index contributed by atoms with van der Waals surface area (Å²) in [5, 5.41) is 4.80. The number of benzene rings is 2. The van der Waals surface area contributed by atoms with Gasteiger partial charge in [0.1, 0.15) is 10.8 Å². The van der Waals surface area contributed by atoms with Crippen molar-refractivity contribution in [3.8, 4) is 0 Å². The first kappa shape index (κ1) is 28.6. The molecule has 0 saturated carbocycles. The molecule has 0 radical (unpaired) electrons. The molecule has 0 aliphatic carbocycles. The molecule has 0 amide bonds. The van der Waals surface area contributed by atoms with E-state index in [1.807, 2.05) is 19.1 Å². The maximum Gasteiger partial charge on any atom is 0.358 e. The highest BCUT2D eigenvalue weighted by molar-refractivity contribution is 7.80. The normalized spacial score (nSPS) is 11.7. The van der Waals surface area contributed by atoms with Crippen molar-refractivity contribution >= 4 is 42.0 Å². The van der Waals surface area contributed by atoms with Crippen molar-refractivity contribution in [2.45, 2.75) is 38.9 Å². The molecule has 2 heterocycles. The third kappa shape index (κ3) is 6.95. The number of esters is 1. The van der Waals surface area contributed by atoms with Gasteiger partial charge in [0.15, 0.2) is 5.69 Å². The number of allylic oxidation sites excluding steroid dienone is 2. The Morgan fingerprint density at radius 1 is 1.10 bits per heavy atom. The zero-order chi connectivity index (χ0) is 28.6. The van der Waals surface area contributed by atoms with Gasteiger partial charge in [-0.25, -0.2) is 19.3 Å². The minimum atomic E-state index is -0.489. The average molecular weight is 552 g/mol. The monoisotopic (exact) mass is 551 g/mol. The summed E-state index contributed by atoms with van der Waals surface area (Å²) >= 11 is 4.53. The highest BCUT2D eigenvalue weighted by Crippen LogP contribution is 2.21. The Labute approximate surface area is 240 Å². The zero-order valence-corrected chi connectivity index (χ0v) is 23.9. The molecular weight excluding hydrogens is 518 g/mol. The predicted octanol–water partition coefficient (Wildman–Crippen LogP) is 6.79. The molecule has 0 fully saturated rings. The highest BCUT2D eigenvalue weighted by Gasteiger charge is 2.16. The molecule has 2 aromatic heterocycles. The first-order valence-electron chi connectivity index (χ1n) is 13.0. The lowest BCUT2D eigenvalue weighted by Crippen LogP contribution is -2.21. The van der Waals surface area contributed by atoms with Crippen molar-refractivity contribution < 1.29 is 9.53 Å². The predicted molar refractivity (Wildman–Crippen MR) is 164 cm³/mol. The second kappa shape index (κ2) is 13.1. The maximum atomic E-state index is 12.2. The van der Waals surface area contributed by atoms with Crippen LogP contribution in [0.2, 0.25) is 0 Å². The van der Waals surface area contributed by atoms with Gasteiger partial charge in [-0.3, -0.25) is 0 Å². The second-order valence-electron chi connectivity index (χ2n) is 9.24. The fraction of sp³-hybridized carbons (Fsp3) is 0.188. The summed E-state index contributed by atoms with van der Waals surface area (Å²) in [5.74, 6) is 0.126. The quantitative estimate of drug-likeness (QED) is 0.126. The summed E-state index contributed by atoms with van der Waals surface area (Å²) in [7, 11) is 0. The molecule has 0 aliphatic rings. The van der Waals surface area contributed by atoms with E-state index in [0.717, 1.165) is 16.7 Å². The van der Waals surface area contributed by atoms with Gasteiger partial charge in [-0.1, -0.05) is 79.4 Å². The molecule has 0 bridgehead atoms. The lowest BCUT2D eigenvalue weighted by atomic mass is 10.1. The lowest BCUT2D eigenvalue weighted by molar-refractivity contribution is 0.0519. The Hall–Kier alpha value is -4.43. The smallest absolute Gasteiger partial charge is 0.358 e. The van der Waals surface area contributed by atoms with E-state index in [1.54, 1.807) is 29.9 Å². The van der Waals surface area contributed by atoms with Crippen molar-refractivity contribution in [1.29, 1.82) is 0 Å². The number of fused-ring (bicyclic) bond motifs is 1. The molecule has 2 aromatic carbocycles. The number of ether oxygens (including phenoxy) is 1. The largest absolute Gasteiger partial charge is 0.461 e. The van der Waals surface area contributed by atoms with Crippen molar-refractivity contribution in [3.05, 3.63) is 119 Å². The summed E-state index contributed by atoms with van der Waals surface area (Å²) in [6.45, 7) is 15.4. The topological polar surface area (TPSA) is 72.1 Å². The van der Waals surface area contributed by atoms with Gasteiger partial charge in [0, 0.05) is 30.9 Å². The minimum absolute atomic E-state index is 0.202. The Bertz CT molecular complexity index is 1580. The molecule has 0 aliphatic heterocycles. The van der Waals surface area contributed by atoms with Crippen LogP contribution in [0.5, 0.6) is 0 Å². The van der Waals surface area contributed by atoms with Gasteiger partial charge < -0.3 is 9.64 Å². The highest BCUT2D eigenvalue weighted by atomic mass is 32.1. The van der Waals surface area contributed by atoms with Crippen molar-refractivity contribution in [1.82, 2.24) is 19.5 Å². The van der Waals surface area contributed by atoms with Crippen LogP contribution in [0.1, 0.15) is 52.3 Å². The second-order valence-corrected chi connectivity index (χ2v) is 9.66. The van der Waals surface area contributed by atoms with E-state index in [-0.39, 0.29) is 12.3 Å². The molecule has 0 atom stereocenters. The van der Waals surface area contributed by atoms with Gasteiger partial charge in [0.05, 0.1) is 24.0 Å². The molecule has 0 saturated heterocycles. The Morgan fingerprint density at radius 3 is 2.35 bits per heavy atom. The summed E-state index contributed by atoms with van der Waals surface area (Å²) in [5.41, 5.74) is 6.78. The van der Waals surface area contributed by atoms with E-state index in [4.69, 9.17) is 9.73 Å². The lowest BCUT2D eigenvalue weighted by Gasteiger charge is -2.25. The van der Waals surface area contributed by atoms with Crippen LogP contribution in [0.25, 0.3) is 17.2 Å². The Morgan fingerprint density at radius 2 is 1.75 bits per heavy atom. The van der Waals surface area contributed by atoms with Gasteiger partial charge in [0.25, 0.3) is 0 Å². The summed E-state index contributed by atoms with van der Waals surface area (Å²) in [4.78, 5) is 23.6. The number of carbonyl (C=O) groups excluding carboxylic acids is 1. The van der Waals surface area contributed by atoms with Gasteiger partial charge >= 0.3 is 5.97 Å². The maximum absolute atomic E-state index is 12.2. The number of aliphatic imine (C=N–C) groups is 1. The zero-order valence-electron chi connectivity index (χ0n) is 23.0. The van der Waals surface area contributed by atoms with Gasteiger partial charge in [-0.05, 0) is 37.5 Å². The molecule has 7 nitrogen and oxygen atoms in total. The van der Waals surface area contributed by atoms with Gasteiger partial charge in [0.2, 0.25) is 0 Å². The van der Waals surface area contributed by atoms with Crippen LogP contribution >= 0.6 is 12.6 Å². The summed E-state index contributed by atoms with van der Waals surface area (Å²) in [6, 6.07) is 18.4. The third-order valence-corrected chi connectivity index (χ3v) is 6.66. The molecule has 204 valence electrons. The summed E-state index contributed by atoms with van der Waals surface area (Å²) in [6.07, 6.45) is 7.22. The van der Waals surface area contributed by atoms with E-state index in [0.29, 0.717) is 35.1 Å². The Kier molecular flexibility index (Phi) is 9.35. The van der Waals surface area contributed by atoms with Crippen LogP contribution in [0.4, 0.5) is 0 Å². The molecule has 0 spiro atoms. The number of carbonyl (C=O) groups is 1. The fourth-order valence-electron chi connectivity index (χ4n) is 4.07. The Balaban J connectivity index is 1.59.